The number of hydrogen-bond acceptors (Lipinski definition) is 3. The topological polar surface area (TPSA) is 36.4 Å². The van der Waals surface area contributed by atoms with E-state index in [9.17, 15) is 5.11 Å². The quantitative estimate of drug-likeness (QED) is 0.829. The maximum Gasteiger partial charge on any atom is 0.0965 e. The van der Waals surface area contributed by atoms with E-state index in [0.717, 1.165) is 43.0 Å². The van der Waals surface area contributed by atoms with Crippen LogP contribution in [0.3, 0.4) is 0 Å². The summed E-state index contributed by atoms with van der Waals surface area (Å²) in [6.45, 7) is 4.64. The van der Waals surface area contributed by atoms with E-state index in [-0.39, 0.29) is 0 Å². The number of piperidine rings is 1. The second-order valence-electron chi connectivity index (χ2n) is 9.01. The van der Waals surface area contributed by atoms with Gasteiger partial charge in [0.15, 0.2) is 0 Å². The number of nitrogens with zero attached hydrogens (tertiary/aromatic N) is 2. The largest absolute Gasteiger partial charge is 0.387 e. The molecule has 2 heterocycles. The Labute approximate surface area is 162 Å². The molecular formula is C24H30N2O. The molecule has 0 amide bonds. The molecule has 5 atom stereocenters. The zero-order valence-corrected chi connectivity index (χ0v) is 16.2. The number of aliphatic hydroxyl groups is 1. The van der Waals surface area contributed by atoms with Crippen molar-refractivity contribution in [3.8, 4) is 0 Å². The van der Waals surface area contributed by atoms with E-state index in [1.807, 2.05) is 12.3 Å². The Kier molecular flexibility index (Phi) is 4.53. The summed E-state index contributed by atoms with van der Waals surface area (Å²) in [7, 11) is 0. The minimum atomic E-state index is -0.395. The third-order valence-electron chi connectivity index (χ3n) is 7.36. The summed E-state index contributed by atoms with van der Waals surface area (Å²) < 4.78 is 0. The van der Waals surface area contributed by atoms with Crippen molar-refractivity contribution in [2.75, 3.05) is 13.1 Å². The van der Waals surface area contributed by atoms with Gasteiger partial charge in [0.05, 0.1) is 11.8 Å². The van der Waals surface area contributed by atoms with Crippen LogP contribution in [0, 0.1) is 18.8 Å². The van der Waals surface area contributed by atoms with Crippen LogP contribution in [-0.2, 0) is 6.42 Å². The molecule has 0 spiro atoms. The highest BCUT2D eigenvalue weighted by atomic mass is 16.3. The molecule has 1 aromatic heterocycles. The first-order valence-electron chi connectivity index (χ1n) is 10.6. The molecule has 2 fully saturated rings. The van der Waals surface area contributed by atoms with Crippen LogP contribution in [0.25, 0.3) is 0 Å². The van der Waals surface area contributed by atoms with Crippen LogP contribution in [0.15, 0.2) is 42.6 Å². The van der Waals surface area contributed by atoms with Gasteiger partial charge in [-0.05, 0) is 79.5 Å². The minimum absolute atomic E-state index is 0.395. The van der Waals surface area contributed by atoms with E-state index in [0.29, 0.717) is 5.92 Å². The van der Waals surface area contributed by atoms with Gasteiger partial charge in [-0.1, -0.05) is 30.3 Å². The summed E-state index contributed by atoms with van der Waals surface area (Å²) in [4.78, 5) is 7.19. The first kappa shape index (κ1) is 17.4. The van der Waals surface area contributed by atoms with Crippen LogP contribution in [0.2, 0.25) is 0 Å². The predicted octanol–water partition coefficient (Wildman–Crippen LogP) is 4.25. The van der Waals surface area contributed by atoms with Crippen LogP contribution < -0.4 is 0 Å². The molecule has 3 unspecified atom stereocenters. The Balaban J connectivity index is 1.24. The van der Waals surface area contributed by atoms with Crippen molar-refractivity contribution in [2.24, 2.45) is 11.8 Å². The number of rotatable bonds is 3. The maximum atomic E-state index is 10.7. The minimum Gasteiger partial charge on any atom is -0.387 e. The van der Waals surface area contributed by atoms with Crippen molar-refractivity contribution in [3.63, 3.8) is 0 Å². The second kappa shape index (κ2) is 7.03. The van der Waals surface area contributed by atoms with Gasteiger partial charge >= 0.3 is 0 Å². The van der Waals surface area contributed by atoms with Gasteiger partial charge in [0, 0.05) is 25.3 Å². The van der Waals surface area contributed by atoms with Crippen LogP contribution in [0.1, 0.15) is 60.1 Å². The molecule has 1 aliphatic heterocycles. The lowest BCUT2D eigenvalue weighted by atomic mass is 9.85. The summed E-state index contributed by atoms with van der Waals surface area (Å²) in [5.74, 6) is 2.14. The van der Waals surface area contributed by atoms with Gasteiger partial charge in [0.2, 0.25) is 0 Å². The number of fused-ring (bicyclic) bond motifs is 3. The zero-order chi connectivity index (χ0) is 18.4. The van der Waals surface area contributed by atoms with Gasteiger partial charge in [0.1, 0.15) is 0 Å². The number of aromatic nitrogens is 1. The summed E-state index contributed by atoms with van der Waals surface area (Å²) >= 11 is 0. The highest BCUT2D eigenvalue weighted by Crippen LogP contribution is 2.48. The Morgan fingerprint density at radius 3 is 2.81 bits per heavy atom. The summed E-state index contributed by atoms with van der Waals surface area (Å²) in [5.41, 5.74) is 5.20. The first-order chi connectivity index (χ1) is 13.2. The zero-order valence-electron chi connectivity index (χ0n) is 16.2. The van der Waals surface area contributed by atoms with Crippen molar-refractivity contribution in [3.05, 3.63) is 65.0 Å². The normalized spacial score (nSPS) is 33.0. The maximum absolute atomic E-state index is 10.7. The van der Waals surface area contributed by atoms with Crippen molar-refractivity contribution in [2.45, 2.75) is 57.1 Å². The Bertz CT molecular complexity index is 820. The van der Waals surface area contributed by atoms with Crippen molar-refractivity contribution >= 4 is 0 Å². The van der Waals surface area contributed by atoms with Gasteiger partial charge < -0.3 is 5.11 Å². The van der Waals surface area contributed by atoms with E-state index in [2.05, 4.69) is 47.1 Å². The molecule has 2 aliphatic carbocycles. The van der Waals surface area contributed by atoms with E-state index in [4.69, 9.17) is 0 Å². The summed E-state index contributed by atoms with van der Waals surface area (Å²) in [6, 6.07) is 13.8. The van der Waals surface area contributed by atoms with Crippen molar-refractivity contribution in [1.29, 1.82) is 0 Å². The molecule has 142 valence electrons. The number of aliphatic hydroxyl groups excluding tert-OH is 1. The number of benzene rings is 1. The monoisotopic (exact) mass is 362 g/mol. The van der Waals surface area contributed by atoms with Gasteiger partial charge in [0.25, 0.3) is 0 Å². The molecule has 1 saturated heterocycles. The predicted molar refractivity (Wildman–Crippen MR) is 108 cm³/mol. The first-order valence-corrected chi connectivity index (χ1v) is 10.6. The standard InChI is InChI=1S/C24H30N2O/c1-16-5-2-3-7-21(16)22-13-20-12-19(22)15-26(20)14-17-8-9-18-6-4-10-25-24(18)23(27)11-17/h2-7,10,17,19-20,22-23,27H,8-9,11-15H2,1H3/t17-,19?,20?,22?,23+/m1/s1. The molecule has 0 radical (unpaired) electrons. The average molecular weight is 363 g/mol. The fraction of sp³-hybridized carbons (Fsp3) is 0.542. The Morgan fingerprint density at radius 2 is 2.00 bits per heavy atom. The molecule has 1 N–H and O–H groups in total. The fourth-order valence-electron chi connectivity index (χ4n) is 6.02. The molecule has 5 rings (SSSR count). The molecule has 1 aromatic carbocycles. The summed E-state index contributed by atoms with van der Waals surface area (Å²) in [6.07, 6.45) is 7.17. The fourth-order valence-corrected chi connectivity index (χ4v) is 6.02. The summed E-state index contributed by atoms with van der Waals surface area (Å²) in [5, 5.41) is 10.7. The third-order valence-corrected chi connectivity index (χ3v) is 7.36. The van der Waals surface area contributed by atoms with E-state index >= 15 is 0 Å². The molecule has 3 heteroatoms. The van der Waals surface area contributed by atoms with Crippen molar-refractivity contribution < 1.29 is 5.11 Å². The number of aryl methyl sites for hydroxylation is 2. The number of likely N-dealkylation sites (tertiary alicyclic amines) is 1. The molecule has 27 heavy (non-hydrogen) atoms. The lowest BCUT2D eigenvalue weighted by Gasteiger charge is -2.34. The van der Waals surface area contributed by atoms with Gasteiger partial charge in [-0.3, -0.25) is 9.88 Å². The third kappa shape index (κ3) is 3.21. The highest BCUT2D eigenvalue weighted by molar-refractivity contribution is 5.32. The lowest BCUT2D eigenvalue weighted by molar-refractivity contribution is 0.110. The van der Waals surface area contributed by atoms with Gasteiger partial charge in [-0.15, -0.1) is 0 Å². The number of pyridine rings is 1. The average Bonchev–Trinajstić information content (AvgIpc) is 3.22. The smallest absolute Gasteiger partial charge is 0.0965 e. The molecule has 3 aliphatic rings. The lowest BCUT2D eigenvalue weighted by Crippen LogP contribution is -2.38. The van der Waals surface area contributed by atoms with Gasteiger partial charge in [-0.25, -0.2) is 0 Å². The van der Waals surface area contributed by atoms with E-state index in [1.54, 1.807) is 5.56 Å². The van der Waals surface area contributed by atoms with Crippen LogP contribution in [0.4, 0.5) is 0 Å². The molecule has 3 nitrogen and oxygen atoms in total. The van der Waals surface area contributed by atoms with E-state index in [1.165, 1.54) is 36.9 Å². The molecule has 2 bridgehead atoms. The van der Waals surface area contributed by atoms with E-state index < -0.39 is 6.10 Å². The SMILES string of the molecule is Cc1ccccc1C1CC2CC1CN2C[C@@H]1CCc2cccnc2[C@@H](O)C1. The highest BCUT2D eigenvalue weighted by Gasteiger charge is 2.45. The van der Waals surface area contributed by atoms with Crippen LogP contribution in [-0.4, -0.2) is 34.1 Å². The second-order valence-corrected chi connectivity index (χ2v) is 9.01. The number of hydrogen-bond donors (Lipinski definition) is 1. The van der Waals surface area contributed by atoms with Crippen LogP contribution in [0.5, 0.6) is 0 Å². The Morgan fingerprint density at radius 1 is 1.11 bits per heavy atom. The Hall–Kier alpha value is -1.71. The van der Waals surface area contributed by atoms with Crippen LogP contribution >= 0.6 is 0 Å². The van der Waals surface area contributed by atoms with Crippen molar-refractivity contribution in [1.82, 2.24) is 9.88 Å². The molecule has 2 aromatic rings. The molecular weight excluding hydrogens is 332 g/mol. The van der Waals surface area contributed by atoms with Gasteiger partial charge in [-0.2, -0.15) is 0 Å². The molecule has 1 saturated carbocycles.